The molecule has 1 N–H and O–H groups in total. The van der Waals surface area contributed by atoms with Crippen LogP contribution in [0.2, 0.25) is 0 Å². The van der Waals surface area contributed by atoms with Crippen LogP contribution in [0, 0.1) is 6.92 Å². The number of esters is 1. The van der Waals surface area contributed by atoms with E-state index >= 15 is 0 Å². The molecule has 9 heteroatoms. The van der Waals surface area contributed by atoms with Gasteiger partial charge in [0.05, 0.1) is 19.3 Å². The van der Waals surface area contributed by atoms with Gasteiger partial charge in [0.1, 0.15) is 10.6 Å². The number of carbonyl (C=O) groups is 2. The van der Waals surface area contributed by atoms with Gasteiger partial charge in [-0.05, 0) is 25.1 Å². The van der Waals surface area contributed by atoms with Gasteiger partial charge in [-0.3, -0.25) is 14.9 Å². The third-order valence-electron chi connectivity index (χ3n) is 3.50. The summed E-state index contributed by atoms with van der Waals surface area (Å²) in [5.74, 6) is -0.457. The molecule has 0 aliphatic carbocycles. The summed E-state index contributed by atoms with van der Waals surface area (Å²) in [6.07, 6.45) is 1.64. The van der Waals surface area contributed by atoms with Crippen molar-refractivity contribution in [1.82, 2.24) is 9.55 Å². The number of aryl methyl sites for hydroxylation is 1. The lowest BCUT2D eigenvalue weighted by Gasteiger charge is -2.02. The Labute approximate surface area is 152 Å². The van der Waals surface area contributed by atoms with Crippen molar-refractivity contribution in [3.8, 4) is 0 Å². The van der Waals surface area contributed by atoms with E-state index in [1.165, 1.54) is 23.8 Å². The maximum Gasteiger partial charge on any atom is 0.350 e. The van der Waals surface area contributed by atoms with Gasteiger partial charge in [-0.15, -0.1) is 0 Å². The number of aromatic nitrogens is 2. The highest BCUT2D eigenvalue weighted by molar-refractivity contribution is 7.17. The second kappa shape index (κ2) is 7.36. The summed E-state index contributed by atoms with van der Waals surface area (Å²) in [6, 6.07) is 7.97. The van der Waals surface area contributed by atoms with Crippen LogP contribution >= 0.6 is 11.3 Å². The third kappa shape index (κ3) is 3.72. The lowest BCUT2D eigenvalue weighted by atomic mass is 10.4. The number of hydrogen-bond acceptors (Lipinski definition) is 7. The minimum absolute atomic E-state index is 0.0800. The van der Waals surface area contributed by atoms with Gasteiger partial charge in [-0.2, -0.15) is 0 Å². The highest BCUT2D eigenvalue weighted by Gasteiger charge is 2.19. The van der Waals surface area contributed by atoms with Gasteiger partial charge in [-0.1, -0.05) is 17.4 Å². The van der Waals surface area contributed by atoms with E-state index in [9.17, 15) is 14.4 Å². The van der Waals surface area contributed by atoms with Crippen LogP contribution in [0.4, 0.5) is 5.13 Å². The van der Waals surface area contributed by atoms with Crippen LogP contribution in [0.3, 0.4) is 0 Å². The predicted octanol–water partition coefficient (Wildman–Crippen LogP) is 2.29. The molecule has 0 fully saturated rings. The Balaban J connectivity index is 1.72. The van der Waals surface area contributed by atoms with Gasteiger partial charge in [0.25, 0.3) is 11.5 Å². The lowest BCUT2D eigenvalue weighted by molar-refractivity contribution is 0.0605. The van der Waals surface area contributed by atoms with Crippen LogP contribution in [0.5, 0.6) is 0 Å². The monoisotopic (exact) mass is 373 g/mol. The fourth-order valence-corrected chi connectivity index (χ4v) is 3.11. The van der Waals surface area contributed by atoms with Crippen molar-refractivity contribution in [1.29, 1.82) is 0 Å². The van der Waals surface area contributed by atoms with E-state index in [0.29, 0.717) is 16.3 Å². The molecule has 3 heterocycles. The van der Waals surface area contributed by atoms with Crippen molar-refractivity contribution in [3.05, 3.63) is 69.0 Å². The molecule has 0 spiro atoms. The van der Waals surface area contributed by atoms with E-state index in [-0.39, 0.29) is 23.0 Å². The molecule has 26 heavy (non-hydrogen) atoms. The molecule has 0 atom stereocenters. The fraction of sp³-hybridized carbons (Fsp3) is 0.176. The van der Waals surface area contributed by atoms with Crippen LogP contribution in [0.15, 0.2) is 45.7 Å². The summed E-state index contributed by atoms with van der Waals surface area (Å²) in [5.41, 5.74) is 0.309. The highest BCUT2D eigenvalue weighted by Crippen LogP contribution is 2.24. The molecule has 0 aromatic carbocycles. The minimum atomic E-state index is -0.505. The van der Waals surface area contributed by atoms with Crippen LogP contribution in [-0.2, 0) is 11.3 Å². The lowest BCUT2D eigenvalue weighted by Crippen LogP contribution is -2.18. The average Bonchev–Trinajstić information content (AvgIpc) is 3.23. The fourth-order valence-electron chi connectivity index (χ4n) is 2.23. The van der Waals surface area contributed by atoms with E-state index in [4.69, 9.17) is 4.42 Å². The summed E-state index contributed by atoms with van der Waals surface area (Å²) in [7, 11) is 1.28. The number of thiazole rings is 1. The zero-order valence-electron chi connectivity index (χ0n) is 14.0. The van der Waals surface area contributed by atoms with Crippen molar-refractivity contribution in [2.45, 2.75) is 13.5 Å². The first-order chi connectivity index (χ1) is 12.5. The number of carbonyl (C=O) groups excluding carboxylic acids is 2. The molecule has 0 unspecified atom stereocenters. The maximum atomic E-state index is 12.3. The number of rotatable bonds is 5. The van der Waals surface area contributed by atoms with Gasteiger partial charge < -0.3 is 13.7 Å². The second-order valence-electron chi connectivity index (χ2n) is 5.31. The van der Waals surface area contributed by atoms with Crippen LogP contribution in [0.1, 0.15) is 31.7 Å². The SMILES string of the molecule is COC(=O)c1sc(NC(=O)c2ccc(Cn3ccccc3=O)o2)nc1C. The van der Waals surface area contributed by atoms with E-state index in [1.807, 2.05) is 0 Å². The van der Waals surface area contributed by atoms with Gasteiger partial charge in [0.15, 0.2) is 10.9 Å². The Morgan fingerprint density at radius 3 is 2.85 bits per heavy atom. The first-order valence-corrected chi connectivity index (χ1v) is 8.41. The molecular formula is C17H15N3O5S. The molecule has 3 aromatic heterocycles. The first kappa shape index (κ1) is 17.6. The van der Waals surface area contributed by atoms with Crippen molar-refractivity contribution < 1.29 is 18.7 Å². The standard InChI is InChI=1S/C17H15N3O5S/c1-10-14(16(23)24-2)26-17(18-10)19-15(22)12-7-6-11(25-12)9-20-8-4-3-5-13(20)21/h3-8H,9H2,1-2H3,(H,18,19,22). The number of ether oxygens (including phenoxy) is 1. The molecule has 3 rings (SSSR count). The van der Waals surface area contributed by atoms with Crippen molar-refractivity contribution >= 4 is 28.3 Å². The van der Waals surface area contributed by atoms with Gasteiger partial charge in [0.2, 0.25) is 0 Å². The Morgan fingerprint density at radius 1 is 1.31 bits per heavy atom. The van der Waals surface area contributed by atoms with Crippen LogP contribution in [-0.4, -0.2) is 28.5 Å². The number of nitrogens with zero attached hydrogens (tertiary/aromatic N) is 2. The molecule has 3 aromatic rings. The predicted molar refractivity (Wildman–Crippen MR) is 94.7 cm³/mol. The van der Waals surface area contributed by atoms with Crippen molar-refractivity contribution in [2.24, 2.45) is 0 Å². The normalized spacial score (nSPS) is 10.5. The summed E-state index contributed by atoms with van der Waals surface area (Å²) in [4.78, 5) is 40.1. The van der Waals surface area contributed by atoms with Crippen molar-refractivity contribution in [3.63, 3.8) is 0 Å². The highest BCUT2D eigenvalue weighted by atomic mass is 32.1. The summed E-state index contributed by atoms with van der Waals surface area (Å²) >= 11 is 1.02. The number of amides is 1. The van der Waals surface area contributed by atoms with Crippen molar-refractivity contribution in [2.75, 3.05) is 12.4 Å². The summed E-state index contributed by atoms with van der Waals surface area (Å²) < 4.78 is 11.6. The molecule has 8 nitrogen and oxygen atoms in total. The van der Waals surface area contributed by atoms with Gasteiger partial charge in [-0.25, -0.2) is 9.78 Å². The zero-order chi connectivity index (χ0) is 18.7. The van der Waals surface area contributed by atoms with Crippen LogP contribution < -0.4 is 10.9 Å². The first-order valence-electron chi connectivity index (χ1n) is 7.59. The molecule has 0 radical (unpaired) electrons. The number of anilines is 1. The molecule has 0 saturated heterocycles. The van der Waals surface area contributed by atoms with Gasteiger partial charge >= 0.3 is 5.97 Å². The van der Waals surface area contributed by atoms with E-state index in [2.05, 4.69) is 15.0 Å². The number of methoxy groups -OCH3 is 1. The molecule has 0 aliphatic rings. The minimum Gasteiger partial charge on any atom is -0.465 e. The Bertz CT molecular complexity index is 1020. The topological polar surface area (TPSA) is 103 Å². The van der Waals surface area contributed by atoms with E-state index in [1.54, 1.807) is 31.3 Å². The number of pyridine rings is 1. The van der Waals surface area contributed by atoms with Gasteiger partial charge in [0, 0.05) is 12.3 Å². The smallest absolute Gasteiger partial charge is 0.350 e. The molecule has 0 bridgehead atoms. The Hall–Kier alpha value is -3.20. The van der Waals surface area contributed by atoms with E-state index < -0.39 is 11.9 Å². The van der Waals surface area contributed by atoms with E-state index in [0.717, 1.165) is 11.3 Å². The quantitative estimate of drug-likeness (QED) is 0.688. The Morgan fingerprint density at radius 2 is 2.12 bits per heavy atom. The molecule has 0 saturated carbocycles. The molecule has 134 valence electrons. The zero-order valence-corrected chi connectivity index (χ0v) is 14.8. The second-order valence-corrected chi connectivity index (χ2v) is 6.31. The third-order valence-corrected chi connectivity index (χ3v) is 4.55. The largest absolute Gasteiger partial charge is 0.465 e. The number of nitrogens with one attached hydrogen (secondary N) is 1. The molecule has 1 amide bonds. The summed E-state index contributed by atoms with van der Waals surface area (Å²) in [5, 5.41) is 2.85. The molecular weight excluding hydrogens is 358 g/mol. The van der Waals surface area contributed by atoms with Crippen LogP contribution in [0.25, 0.3) is 0 Å². The molecule has 0 aliphatic heterocycles. The number of hydrogen-bond donors (Lipinski definition) is 1. The Kier molecular flexibility index (Phi) is 4.99. The summed E-state index contributed by atoms with van der Waals surface area (Å²) in [6.45, 7) is 1.87. The average molecular weight is 373 g/mol. The maximum absolute atomic E-state index is 12.3. The number of furan rings is 1.